The van der Waals surface area contributed by atoms with Gasteiger partial charge in [0.2, 0.25) is 5.91 Å². The van der Waals surface area contributed by atoms with Crippen LogP contribution >= 0.6 is 0 Å². The zero-order valence-electron chi connectivity index (χ0n) is 10.6. The number of rotatable bonds is 5. The predicted molar refractivity (Wildman–Crippen MR) is 61.5 cm³/mol. The Kier molecular flexibility index (Phi) is 5.77. The van der Waals surface area contributed by atoms with Crippen molar-refractivity contribution in [2.24, 2.45) is 5.92 Å². The Hall–Kier alpha value is -0.610. The van der Waals surface area contributed by atoms with Gasteiger partial charge >= 0.3 is 0 Å². The number of amides is 1. The first kappa shape index (κ1) is 13.5. The molecular weight excluding hydrogens is 206 g/mol. The number of carbonyl (C=O) groups is 1. The monoisotopic (exact) mass is 229 g/mol. The summed E-state index contributed by atoms with van der Waals surface area (Å²) < 4.78 is 5.58. The quantitative estimate of drug-likeness (QED) is 0.536. The summed E-state index contributed by atoms with van der Waals surface area (Å²) in [5.41, 5.74) is 0. The molecule has 1 saturated carbocycles. The highest BCUT2D eigenvalue weighted by Crippen LogP contribution is 2.25. The van der Waals surface area contributed by atoms with E-state index in [2.05, 4.69) is 6.92 Å². The Bertz CT molecular complexity index is 212. The molecule has 1 aliphatic rings. The van der Waals surface area contributed by atoms with Crippen LogP contribution in [0.15, 0.2) is 0 Å². The normalized spacial score (nSPS) is 25.4. The zero-order chi connectivity index (χ0) is 12.0. The minimum Gasteiger partial charge on any atom is -0.350 e. The van der Waals surface area contributed by atoms with Crippen LogP contribution in [0.1, 0.15) is 46.0 Å². The largest absolute Gasteiger partial charge is 0.350 e. The lowest BCUT2D eigenvalue weighted by Gasteiger charge is -2.26. The lowest BCUT2D eigenvalue weighted by atomic mass is 9.89. The molecule has 0 radical (unpaired) electrons. The molecule has 1 rings (SSSR count). The zero-order valence-corrected chi connectivity index (χ0v) is 10.6. The number of hydrogen-bond acceptors (Lipinski definition) is 3. The predicted octanol–water partition coefficient (Wildman–Crippen LogP) is 2.34. The highest BCUT2D eigenvalue weighted by molar-refractivity contribution is 5.74. The average molecular weight is 229 g/mol. The second-order valence-corrected chi connectivity index (χ2v) is 4.54. The van der Waals surface area contributed by atoms with Gasteiger partial charge in [0.05, 0.1) is 6.10 Å². The van der Waals surface area contributed by atoms with E-state index in [0.717, 1.165) is 18.8 Å². The van der Waals surface area contributed by atoms with Crippen molar-refractivity contribution in [1.29, 1.82) is 0 Å². The topological polar surface area (TPSA) is 38.8 Å². The molecule has 0 heterocycles. The summed E-state index contributed by atoms with van der Waals surface area (Å²) in [4.78, 5) is 16.4. The van der Waals surface area contributed by atoms with Gasteiger partial charge in [-0.05, 0) is 31.6 Å². The van der Waals surface area contributed by atoms with Crippen molar-refractivity contribution < 1.29 is 14.4 Å². The van der Waals surface area contributed by atoms with Gasteiger partial charge in [-0.15, -0.1) is 0 Å². The maximum absolute atomic E-state index is 11.2. The first-order valence-electron chi connectivity index (χ1n) is 6.14. The number of nitrogens with zero attached hydrogens (tertiary/aromatic N) is 1. The van der Waals surface area contributed by atoms with E-state index in [1.54, 1.807) is 7.05 Å². The first-order chi connectivity index (χ1) is 7.63. The van der Waals surface area contributed by atoms with Crippen LogP contribution in [0.2, 0.25) is 0 Å². The van der Waals surface area contributed by atoms with Crippen molar-refractivity contribution in [3.63, 3.8) is 0 Å². The Balaban J connectivity index is 2.09. The maximum atomic E-state index is 11.2. The Morgan fingerprint density at radius 1 is 1.31 bits per heavy atom. The molecule has 16 heavy (non-hydrogen) atoms. The Morgan fingerprint density at radius 2 is 1.94 bits per heavy atom. The number of hydrogen-bond donors (Lipinski definition) is 0. The lowest BCUT2D eigenvalue weighted by molar-refractivity contribution is -0.226. The third-order valence-corrected chi connectivity index (χ3v) is 3.17. The van der Waals surface area contributed by atoms with E-state index in [9.17, 15) is 4.79 Å². The molecule has 4 nitrogen and oxygen atoms in total. The molecule has 0 spiro atoms. The van der Waals surface area contributed by atoms with Crippen LogP contribution in [0.3, 0.4) is 0 Å². The fraction of sp³-hybridized carbons (Fsp3) is 0.917. The molecule has 0 aromatic heterocycles. The molecule has 1 aliphatic carbocycles. The lowest BCUT2D eigenvalue weighted by Crippen LogP contribution is -2.29. The molecule has 4 heteroatoms. The molecule has 0 saturated heterocycles. The van der Waals surface area contributed by atoms with Gasteiger partial charge in [0, 0.05) is 13.5 Å². The summed E-state index contributed by atoms with van der Waals surface area (Å²) in [7, 11) is 1.62. The highest BCUT2D eigenvalue weighted by atomic mass is 16.8. The van der Waals surface area contributed by atoms with E-state index in [4.69, 9.17) is 9.57 Å². The summed E-state index contributed by atoms with van der Waals surface area (Å²) >= 11 is 0. The smallest absolute Gasteiger partial charge is 0.245 e. The minimum atomic E-state index is -0.0270. The third kappa shape index (κ3) is 4.49. The van der Waals surface area contributed by atoms with Crippen molar-refractivity contribution in [2.75, 3.05) is 13.8 Å². The molecule has 0 atom stereocenters. The van der Waals surface area contributed by atoms with Gasteiger partial charge in [0.1, 0.15) is 0 Å². The van der Waals surface area contributed by atoms with E-state index >= 15 is 0 Å². The van der Waals surface area contributed by atoms with Gasteiger partial charge < -0.3 is 4.74 Å². The fourth-order valence-electron chi connectivity index (χ4n) is 1.90. The van der Waals surface area contributed by atoms with E-state index in [-0.39, 0.29) is 12.7 Å². The van der Waals surface area contributed by atoms with Crippen LogP contribution < -0.4 is 0 Å². The molecule has 0 aliphatic heterocycles. The molecule has 0 N–H and O–H groups in total. The van der Waals surface area contributed by atoms with Crippen molar-refractivity contribution in [2.45, 2.75) is 52.1 Å². The van der Waals surface area contributed by atoms with Crippen LogP contribution in [-0.2, 0) is 14.4 Å². The van der Waals surface area contributed by atoms with Crippen LogP contribution in [0.5, 0.6) is 0 Å². The Labute approximate surface area is 97.9 Å². The first-order valence-corrected chi connectivity index (χ1v) is 6.14. The summed E-state index contributed by atoms with van der Waals surface area (Å²) in [6.07, 6.45) is 5.44. The van der Waals surface area contributed by atoms with Crippen molar-refractivity contribution in [3.05, 3.63) is 0 Å². The SMILES string of the molecule is CCC(=O)N(C)OCOC1CCC(C)CC1. The van der Waals surface area contributed by atoms with E-state index < -0.39 is 0 Å². The minimum absolute atomic E-state index is 0.0270. The van der Waals surface area contributed by atoms with Gasteiger partial charge in [-0.1, -0.05) is 13.8 Å². The fourth-order valence-corrected chi connectivity index (χ4v) is 1.90. The van der Waals surface area contributed by atoms with E-state index in [1.165, 1.54) is 17.9 Å². The van der Waals surface area contributed by atoms with Gasteiger partial charge in [-0.25, -0.2) is 9.90 Å². The molecule has 1 fully saturated rings. The number of ether oxygens (including phenoxy) is 1. The Morgan fingerprint density at radius 3 is 2.50 bits per heavy atom. The van der Waals surface area contributed by atoms with Crippen molar-refractivity contribution >= 4 is 5.91 Å². The second kappa shape index (κ2) is 6.86. The van der Waals surface area contributed by atoms with Gasteiger partial charge in [-0.2, -0.15) is 0 Å². The van der Waals surface area contributed by atoms with Crippen molar-refractivity contribution in [3.8, 4) is 0 Å². The second-order valence-electron chi connectivity index (χ2n) is 4.54. The molecule has 0 unspecified atom stereocenters. The molecule has 0 aromatic carbocycles. The molecule has 1 amide bonds. The third-order valence-electron chi connectivity index (χ3n) is 3.17. The van der Waals surface area contributed by atoms with Crippen LogP contribution in [0, 0.1) is 5.92 Å². The summed E-state index contributed by atoms with van der Waals surface area (Å²) in [5.74, 6) is 0.797. The molecule has 94 valence electrons. The highest BCUT2D eigenvalue weighted by Gasteiger charge is 2.18. The van der Waals surface area contributed by atoms with Gasteiger partial charge in [-0.3, -0.25) is 4.79 Å². The summed E-state index contributed by atoms with van der Waals surface area (Å²) in [6, 6.07) is 0. The molecular formula is C12H23NO3. The summed E-state index contributed by atoms with van der Waals surface area (Å²) in [5, 5.41) is 1.26. The summed E-state index contributed by atoms with van der Waals surface area (Å²) in [6.45, 7) is 4.27. The average Bonchev–Trinajstić information content (AvgIpc) is 2.30. The van der Waals surface area contributed by atoms with Gasteiger partial charge in [0.15, 0.2) is 6.79 Å². The van der Waals surface area contributed by atoms with Crippen LogP contribution in [0.25, 0.3) is 0 Å². The molecule has 0 bridgehead atoms. The van der Waals surface area contributed by atoms with Gasteiger partial charge in [0.25, 0.3) is 0 Å². The standard InChI is InChI=1S/C12H23NO3/c1-4-12(14)13(3)16-9-15-11-7-5-10(2)6-8-11/h10-11H,4-9H2,1-3H3. The molecule has 0 aromatic rings. The number of carbonyl (C=O) groups excluding carboxylic acids is 1. The number of hydroxylamine groups is 2. The van der Waals surface area contributed by atoms with Crippen molar-refractivity contribution in [1.82, 2.24) is 5.06 Å². The van der Waals surface area contributed by atoms with E-state index in [0.29, 0.717) is 12.5 Å². The maximum Gasteiger partial charge on any atom is 0.245 e. The van der Waals surface area contributed by atoms with Crippen LogP contribution in [0.4, 0.5) is 0 Å². The van der Waals surface area contributed by atoms with E-state index in [1.807, 2.05) is 6.92 Å². The van der Waals surface area contributed by atoms with Crippen LogP contribution in [-0.4, -0.2) is 30.9 Å².